The first-order valence-corrected chi connectivity index (χ1v) is 7.78. The number of carbonyl (C=O) groups excluding carboxylic acids is 1. The largest absolute Gasteiger partial charge is 0.373 e. The Hall–Kier alpha value is -1.40. The average molecular weight is 290 g/mol. The Morgan fingerprint density at radius 1 is 1.33 bits per heavy atom. The van der Waals surface area contributed by atoms with Gasteiger partial charge in [0.2, 0.25) is 0 Å². The lowest BCUT2D eigenvalue weighted by atomic mass is 10.1. The van der Waals surface area contributed by atoms with Crippen molar-refractivity contribution in [1.82, 2.24) is 19.6 Å². The van der Waals surface area contributed by atoms with Crippen LogP contribution in [0.15, 0.2) is 6.20 Å². The van der Waals surface area contributed by atoms with Gasteiger partial charge in [0.15, 0.2) is 0 Å². The molecule has 1 aliphatic carbocycles. The van der Waals surface area contributed by atoms with Gasteiger partial charge in [0, 0.05) is 32.6 Å². The van der Waals surface area contributed by atoms with Crippen LogP contribution in [0.5, 0.6) is 0 Å². The van der Waals surface area contributed by atoms with Crippen LogP contribution in [0.25, 0.3) is 0 Å². The minimum absolute atomic E-state index is 0.122. The lowest BCUT2D eigenvalue weighted by Crippen LogP contribution is -2.48. The number of rotatable bonds is 2. The van der Waals surface area contributed by atoms with Crippen molar-refractivity contribution in [2.24, 2.45) is 7.05 Å². The van der Waals surface area contributed by atoms with E-state index in [4.69, 9.17) is 4.74 Å². The fourth-order valence-corrected chi connectivity index (χ4v) is 3.65. The molecule has 0 N–H and O–H groups in total. The van der Waals surface area contributed by atoms with E-state index in [1.807, 2.05) is 16.6 Å². The molecule has 6 nitrogen and oxygen atoms in total. The minimum atomic E-state index is 0.122. The van der Waals surface area contributed by atoms with E-state index in [9.17, 15) is 4.79 Å². The zero-order valence-electron chi connectivity index (χ0n) is 12.7. The number of hydrogen-bond donors (Lipinski definition) is 0. The summed E-state index contributed by atoms with van der Waals surface area (Å²) < 4.78 is 7.70. The number of morpholine rings is 1. The molecule has 4 rings (SSSR count). The van der Waals surface area contributed by atoms with Crippen molar-refractivity contribution in [2.75, 3.05) is 33.3 Å². The lowest BCUT2D eigenvalue weighted by molar-refractivity contribution is -0.0368. The highest BCUT2D eigenvalue weighted by molar-refractivity contribution is 5.95. The van der Waals surface area contributed by atoms with Gasteiger partial charge >= 0.3 is 0 Å². The van der Waals surface area contributed by atoms with Gasteiger partial charge in [-0.15, -0.1) is 0 Å². The van der Waals surface area contributed by atoms with Crippen molar-refractivity contribution in [3.63, 3.8) is 0 Å². The molecule has 0 unspecified atom stereocenters. The first-order chi connectivity index (χ1) is 10.1. The van der Waals surface area contributed by atoms with E-state index < -0.39 is 0 Å². The highest BCUT2D eigenvalue weighted by Gasteiger charge is 2.42. The molecule has 0 radical (unpaired) electrons. The Morgan fingerprint density at radius 2 is 2.14 bits per heavy atom. The quantitative estimate of drug-likeness (QED) is 0.794. The van der Waals surface area contributed by atoms with Gasteiger partial charge in [-0.2, -0.15) is 5.10 Å². The molecule has 3 heterocycles. The van der Waals surface area contributed by atoms with Crippen LogP contribution in [-0.2, 0) is 11.8 Å². The van der Waals surface area contributed by atoms with E-state index in [0.29, 0.717) is 18.5 Å². The number of fused-ring (bicyclic) bond motifs is 1. The second kappa shape index (κ2) is 4.81. The molecule has 6 heteroatoms. The summed E-state index contributed by atoms with van der Waals surface area (Å²) in [6.45, 7) is 3.18. The monoisotopic (exact) mass is 290 g/mol. The topological polar surface area (TPSA) is 50.6 Å². The summed E-state index contributed by atoms with van der Waals surface area (Å²) in [7, 11) is 4.05. The fraction of sp³-hybridized carbons (Fsp3) is 0.733. The maximum atomic E-state index is 12.9. The summed E-state index contributed by atoms with van der Waals surface area (Å²) in [5, 5.41) is 4.30. The van der Waals surface area contributed by atoms with Gasteiger partial charge in [-0.05, 0) is 19.9 Å². The van der Waals surface area contributed by atoms with Gasteiger partial charge in [-0.1, -0.05) is 0 Å². The first-order valence-electron chi connectivity index (χ1n) is 7.78. The maximum Gasteiger partial charge on any atom is 0.257 e. The van der Waals surface area contributed by atoms with Gasteiger partial charge in [0.25, 0.3) is 5.91 Å². The molecule has 3 aliphatic rings. The molecule has 0 bridgehead atoms. The molecule has 1 amide bonds. The Balaban J connectivity index is 1.56. The average Bonchev–Trinajstić information content (AvgIpc) is 3.07. The molecule has 1 aromatic heterocycles. The van der Waals surface area contributed by atoms with Crippen LogP contribution in [0, 0.1) is 0 Å². The predicted octanol–water partition coefficient (Wildman–Crippen LogP) is 0.452. The predicted molar refractivity (Wildman–Crippen MR) is 77.2 cm³/mol. The number of hydrogen-bond acceptors (Lipinski definition) is 4. The standard InChI is InChI=1S/C15H22N4O2/c1-17-5-6-21-13-9-19(8-12(13)17)15(20)11-7-16-18(2)14(11)10-3-4-10/h7,10,12-13H,3-6,8-9H2,1-2H3/t12-,13+/m0/s1. The maximum absolute atomic E-state index is 12.9. The van der Waals surface area contributed by atoms with E-state index in [2.05, 4.69) is 17.0 Å². The molecular formula is C15H22N4O2. The molecule has 2 atom stereocenters. The Morgan fingerprint density at radius 3 is 2.86 bits per heavy atom. The van der Waals surface area contributed by atoms with Gasteiger partial charge in [-0.25, -0.2) is 0 Å². The summed E-state index contributed by atoms with van der Waals surface area (Å²) in [5.74, 6) is 0.650. The molecule has 0 aromatic carbocycles. The van der Waals surface area contributed by atoms with Crippen LogP contribution in [0.3, 0.4) is 0 Å². The molecule has 1 aromatic rings. The van der Waals surface area contributed by atoms with Crippen molar-refractivity contribution in [3.05, 3.63) is 17.5 Å². The third-order valence-electron chi connectivity index (χ3n) is 5.05. The second-order valence-electron chi connectivity index (χ2n) is 6.51. The number of nitrogens with zero attached hydrogens (tertiary/aromatic N) is 4. The van der Waals surface area contributed by atoms with Crippen LogP contribution in [-0.4, -0.2) is 70.9 Å². The van der Waals surface area contributed by atoms with E-state index in [0.717, 1.165) is 31.0 Å². The van der Waals surface area contributed by atoms with Crippen LogP contribution in [0.2, 0.25) is 0 Å². The molecule has 2 saturated heterocycles. The lowest BCUT2D eigenvalue weighted by Gasteiger charge is -2.33. The molecule has 2 aliphatic heterocycles. The number of likely N-dealkylation sites (N-methyl/N-ethyl adjacent to an activating group) is 1. The zero-order valence-corrected chi connectivity index (χ0v) is 12.7. The van der Waals surface area contributed by atoms with Crippen molar-refractivity contribution in [2.45, 2.75) is 30.9 Å². The third kappa shape index (κ3) is 2.17. The summed E-state index contributed by atoms with van der Waals surface area (Å²) in [5.41, 5.74) is 1.91. The molecule has 3 fully saturated rings. The zero-order chi connectivity index (χ0) is 14.6. The Kier molecular flexibility index (Phi) is 3.04. The Bertz CT molecular complexity index is 566. The number of amides is 1. The van der Waals surface area contributed by atoms with Crippen molar-refractivity contribution >= 4 is 5.91 Å². The van der Waals surface area contributed by atoms with Crippen molar-refractivity contribution < 1.29 is 9.53 Å². The highest BCUT2D eigenvalue weighted by Crippen LogP contribution is 2.41. The van der Waals surface area contributed by atoms with Crippen molar-refractivity contribution in [1.29, 1.82) is 0 Å². The highest BCUT2D eigenvalue weighted by atomic mass is 16.5. The number of likely N-dealkylation sites (tertiary alicyclic amines) is 1. The number of carbonyl (C=O) groups is 1. The molecular weight excluding hydrogens is 268 g/mol. The van der Waals surface area contributed by atoms with Gasteiger partial charge < -0.3 is 9.64 Å². The second-order valence-corrected chi connectivity index (χ2v) is 6.51. The van der Waals surface area contributed by atoms with Crippen LogP contribution in [0.1, 0.15) is 34.8 Å². The van der Waals surface area contributed by atoms with Gasteiger partial charge in [0.1, 0.15) is 0 Å². The van der Waals surface area contributed by atoms with Gasteiger partial charge in [0.05, 0.1) is 36.2 Å². The smallest absolute Gasteiger partial charge is 0.257 e. The number of aromatic nitrogens is 2. The summed E-state index contributed by atoms with van der Waals surface area (Å²) in [6.07, 6.45) is 4.25. The third-order valence-corrected chi connectivity index (χ3v) is 5.05. The van der Waals surface area contributed by atoms with Crippen LogP contribution < -0.4 is 0 Å². The SMILES string of the molecule is CN1CCO[C@@H]2CN(C(=O)c3cnn(C)c3C3CC3)C[C@@H]21. The van der Waals surface area contributed by atoms with E-state index in [1.54, 1.807) is 6.20 Å². The van der Waals surface area contributed by atoms with Gasteiger partial charge in [-0.3, -0.25) is 14.4 Å². The molecule has 114 valence electrons. The van der Waals surface area contributed by atoms with Crippen LogP contribution >= 0.6 is 0 Å². The normalized spacial score (nSPS) is 29.7. The van der Waals surface area contributed by atoms with Crippen LogP contribution in [0.4, 0.5) is 0 Å². The minimum Gasteiger partial charge on any atom is -0.373 e. The molecule has 1 saturated carbocycles. The first kappa shape index (κ1) is 13.3. The number of aryl methyl sites for hydroxylation is 1. The fourth-order valence-electron chi connectivity index (χ4n) is 3.65. The van der Waals surface area contributed by atoms with E-state index >= 15 is 0 Å². The molecule has 0 spiro atoms. The molecule has 21 heavy (non-hydrogen) atoms. The van der Waals surface area contributed by atoms with E-state index in [-0.39, 0.29) is 12.0 Å². The van der Waals surface area contributed by atoms with E-state index in [1.165, 1.54) is 12.8 Å². The Labute approximate surface area is 124 Å². The summed E-state index contributed by atoms with van der Waals surface area (Å²) in [6, 6.07) is 0.337. The van der Waals surface area contributed by atoms with Crippen molar-refractivity contribution in [3.8, 4) is 0 Å². The summed E-state index contributed by atoms with van der Waals surface area (Å²) in [4.78, 5) is 17.1. The number of ether oxygens (including phenoxy) is 1. The summed E-state index contributed by atoms with van der Waals surface area (Å²) >= 11 is 0.